The molecule has 1 rings (SSSR count). The number of carboxylic acids is 1. The van der Waals surface area contributed by atoms with Crippen molar-refractivity contribution < 1.29 is 19.7 Å². The zero-order chi connectivity index (χ0) is 14.7. The number of nitro benzene ring substituents is 2. The van der Waals surface area contributed by atoms with E-state index in [1.807, 2.05) is 0 Å². The minimum Gasteiger partial charge on any atom is -0.480 e. The van der Waals surface area contributed by atoms with Crippen molar-refractivity contribution >= 4 is 29.1 Å². The topological polar surface area (TPSA) is 124 Å². The standard InChI is InChI=1S/C10H10N2O6S/c1-5-3-7(11(15)16)4-8(12(17)18)9(5)19-6(2)10(13)14/h3-4,6H,1-2H3,(H,13,14). The number of carbonyl (C=O) groups is 1. The highest BCUT2D eigenvalue weighted by atomic mass is 32.2. The normalized spacial score (nSPS) is 11.9. The molecule has 0 aliphatic carbocycles. The maximum Gasteiger partial charge on any atom is 0.316 e. The first kappa shape index (κ1) is 14.9. The number of aryl methyl sites for hydroxylation is 1. The summed E-state index contributed by atoms with van der Waals surface area (Å²) >= 11 is 0.790. The van der Waals surface area contributed by atoms with Crippen molar-refractivity contribution in [2.24, 2.45) is 0 Å². The first-order valence-corrected chi connectivity index (χ1v) is 5.95. The molecule has 0 spiro atoms. The van der Waals surface area contributed by atoms with Crippen LogP contribution in [0.4, 0.5) is 11.4 Å². The lowest BCUT2D eigenvalue weighted by atomic mass is 10.2. The predicted molar refractivity (Wildman–Crippen MR) is 67.4 cm³/mol. The Balaban J connectivity index is 3.34. The monoisotopic (exact) mass is 286 g/mol. The second-order valence-electron chi connectivity index (χ2n) is 3.72. The molecule has 0 aliphatic heterocycles. The number of aliphatic carboxylic acids is 1. The third-order valence-corrected chi connectivity index (χ3v) is 3.61. The van der Waals surface area contributed by atoms with Gasteiger partial charge < -0.3 is 5.11 Å². The summed E-state index contributed by atoms with van der Waals surface area (Å²) in [4.78, 5) is 31.0. The number of benzene rings is 1. The molecule has 102 valence electrons. The molecule has 1 atom stereocenters. The Hall–Kier alpha value is -2.16. The van der Waals surface area contributed by atoms with Crippen LogP contribution in [-0.4, -0.2) is 26.2 Å². The minimum absolute atomic E-state index is 0.130. The molecule has 19 heavy (non-hydrogen) atoms. The van der Waals surface area contributed by atoms with Crippen molar-refractivity contribution in [2.75, 3.05) is 0 Å². The molecule has 1 N–H and O–H groups in total. The van der Waals surface area contributed by atoms with E-state index in [0.717, 1.165) is 17.8 Å². The Morgan fingerprint density at radius 2 is 1.89 bits per heavy atom. The van der Waals surface area contributed by atoms with Crippen molar-refractivity contribution in [3.8, 4) is 0 Å². The molecule has 1 unspecified atom stereocenters. The minimum atomic E-state index is -1.11. The van der Waals surface area contributed by atoms with Gasteiger partial charge in [0.05, 0.1) is 20.8 Å². The van der Waals surface area contributed by atoms with Crippen LogP contribution in [0.15, 0.2) is 17.0 Å². The van der Waals surface area contributed by atoms with E-state index in [-0.39, 0.29) is 4.90 Å². The van der Waals surface area contributed by atoms with E-state index in [4.69, 9.17) is 5.11 Å². The first-order chi connectivity index (χ1) is 8.73. The van der Waals surface area contributed by atoms with E-state index in [1.165, 1.54) is 19.9 Å². The van der Waals surface area contributed by atoms with Crippen LogP contribution in [0.2, 0.25) is 0 Å². The van der Waals surface area contributed by atoms with Crippen LogP contribution in [0, 0.1) is 27.2 Å². The lowest BCUT2D eigenvalue weighted by Crippen LogP contribution is -2.12. The molecule has 0 radical (unpaired) electrons. The summed E-state index contributed by atoms with van der Waals surface area (Å²) in [6.45, 7) is 2.86. The van der Waals surface area contributed by atoms with Gasteiger partial charge in [-0.15, -0.1) is 11.8 Å². The zero-order valence-electron chi connectivity index (χ0n) is 10.0. The summed E-state index contributed by atoms with van der Waals surface area (Å²) < 4.78 is 0. The fraction of sp³-hybridized carbons (Fsp3) is 0.300. The molecule has 8 nitrogen and oxygen atoms in total. The Morgan fingerprint density at radius 3 is 2.32 bits per heavy atom. The van der Waals surface area contributed by atoms with E-state index < -0.39 is 32.4 Å². The van der Waals surface area contributed by atoms with Gasteiger partial charge >= 0.3 is 5.97 Å². The van der Waals surface area contributed by atoms with E-state index in [9.17, 15) is 25.0 Å². The van der Waals surface area contributed by atoms with Crippen LogP contribution in [0.3, 0.4) is 0 Å². The average molecular weight is 286 g/mol. The van der Waals surface area contributed by atoms with Crippen molar-refractivity contribution in [3.63, 3.8) is 0 Å². The van der Waals surface area contributed by atoms with Gasteiger partial charge in [0.25, 0.3) is 11.4 Å². The Kier molecular flexibility index (Phi) is 4.43. The van der Waals surface area contributed by atoms with Crippen LogP contribution in [-0.2, 0) is 4.79 Å². The van der Waals surface area contributed by atoms with Crippen LogP contribution in [0.1, 0.15) is 12.5 Å². The lowest BCUT2D eigenvalue weighted by Gasteiger charge is -2.09. The number of rotatable bonds is 5. The van der Waals surface area contributed by atoms with Gasteiger partial charge in [-0.3, -0.25) is 25.0 Å². The van der Waals surface area contributed by atoms with Gasteiger partial charge in [0.15, 0.2) is 0 Å². The van der Waals surface area contributed by atoms with Crippen LogP contribution in [0.5, 0.6) is 0 Å². The Bertz CT molecular complexity index is 559. The lowest BCUT2D eigenvalue weighted by molar-refractivity contribution is -0.396. The van der Waals surface area contributed by atoms with Crippen LogP contribution >= 0.6 is 11.8 Å². The third-order valence-electron chi connectivity index (χ3n) is 2.29. The molecule has 0 amide bonds. The predicted octanol–water partition coefficient (Wildman–Crippen LogP) is 2.38. The summed E-state index contributed by atoms with van der Waals surface area (Å²) in [5.74, 6) is -1.11. The maximum atomic E-state index is 10.9. The Labute approximate surface area is 111 Å². The van der Waals surface area contributed by atoms with Gasteiger partial charge in [-0.1, -0.05) is 0 Å². The maximum absolute atomic E-state index is 10.9. The zero-order valence-corrected chi connectivity index (χ0v) is 10.8. The second-order valence-corrected chi connectivity index (χ2v) is 5.07. The molecule has 1 aromatic carbocycles. The number of carboxylic acid groups (broad SMARTS) is 1. The summed E-state index contributed by atoms with van der Waals surface area (Å²) in [5.41, 5.74) is -0.541. The quantitative estimate of drug-likeness (QED) is 0.500. The SMILES string of the molecule is Cc1cc([N+](=O)[O-])cc([N+](=O)[O-])c1SC(C)C(=O)O. The number of hydrogen-bond donors (Lipinski definition) is 1. The smallest absolute Gasteiger partial charge is 0.316 e. The summed E-state index contributed by atoms with van der Waals surface area (Å²) in [7, 11) is 0. The molecule has 0 aromatic heterocycles. The van der Waals surface area contributed by atoms with E-state index in [0.29, 0.717) is 5.56 Å². The van der Waals surface area contributed by atoms with Gasteiger partial charge in [-0.25, -0.2) is 0 Å². The fourth-order valence-corrected chi connectivity index (χ4v) is 2.31. The largest absolute Gasteiger partial charge is 0.480 e. The fourth-order valence-electron chi connectivity index (χ4n) is 1.36. The van der Waals surface area contributed by atoms with E-state index in [2.05, 4.69) is 0 Å². The highest BCUT2D eigenvalue weighted by Crippen LogP contribution is 2.37. The number of nitro groups is 2. The molecular formula is C10H10N2O6S. The molecule has 9 heteroatoms. The van der Waals surface area contributed by atoms with Gasteiger partial charge in [0.2, 0.25) is 0 Å². The molecule has 0 aliphatic rings. The Morgan fingerprint density at radius 1 is 1.32 bits per heavy atom. The summed E-state index contributed by atoms with van der Waals surface area (Å²) in [6.07, 6.45) is 0. The van der Waals surface area contributed by atoms with Crippen LogP contribution < -0.4 is 0 Å². The van der Waals surface area contributed by atoms with Crippen molar-refractivity contribution in [1.29, 1.82) is 0 Å². The van der Waals surface area contributed by atoms with Crippen molar-refractivity contribution in [2.45, 2.75) is 24.0 Å². The first-order valence-electron chi connectivity index (χ1n) is 5.07. The van der Waals surface area contributed by atoms with Gasteiger partial charge in [-0.05, 0) is 19.4 Å². The van der Waals surface area contributed by atoms with Gasteiger partial charge in [0.1, 0.15) is 5.25 Å². The molecule has 1 aromatic rings. The highest BCUT2D eigenvalue weighted by Gasteiger charge is 2.25. The summed E-state index contributed by atoms with van der Waals surface area (Å²) in [5, 5.41) is 29.5. The van der Waals surface area contributed by atoms with Crippen molar-refractivity contribution in [1.82, 2.24) is 0 Å². The molecule has 0 saturated carbocycles. The number of hydrogen-bond acceptors (Lipinski definition) is 6. The average Bonchev–Trinajstić information content (AvgIpc) is 2.30. The van der Waals surface area contributed by atoms with Crippen molar-refractivity contribution in [3.05, 3.63) is 37.9 Å². The van der Waals surface area contributed by atoms with E-state index >= 15 is 0 Å². The number of thioether (sulfide) groups is 1. The molecule has 0 bridgehead atoms. The molecular weight excluding hydrogens is 276 g/mol. The molecule has 0 fully saturated rings. The number of non-ortho nitro benzene ring substituents is 1. The van der Waals surface area contributed by atoms with Gasteiger partial charge in [0, 0.05) is 6.07 Å². The highest BCUT2D eigenvalue weighted by molar-refractivity contribution is 8.00. The van der Waals surface area contributed by atoms with Gasteiger partial charge in [-0.2, -0.15) is 0 Å². The third kappa shape index (κ3) is 3.41. The molecule has 0 heterocycles. The summed E-state index contributed by atoms with van der Waals surface area (Å²) in [6, 6.07) is 2.02. The van der Waals surface area contributed by atoms with E-state index in [1.54, 1.807) is 0 Å². The number of nitrogens with zero attached hydrogens (tertiary/aromatic N) is 2. The molecule has 0 saturated heterocycles. The van der Waals surface area contributed by atoms with Crippen LogP contribution in [0.25, 0.3) is 0 Å². The second kappa shape index (κ2) is 5.65.